The zero-order chi connectivity index (χ0) is 18.4. The molecule has 0 bridgehead atoms. The molecule has 3 rings (SSSR count). The van der Waals surface area contributed by atoms with E-state index in [2.05, 4.69) is 0 Å². The van der Waals surface area contributed by atoms with Crippen molar-refractivity contribution >= 4 is 21.9 Å². The largest absolute Gasteiger partial charge is 0.481 e. The van der Waals surface area contributed by atoms with E-state index in [9.17, 15) is 23.1 Å². The second-order valence-corrected chi connectivity index (χ2v) is 9.20. The monoisotopic (exact) mass is 366 g/mol. The fourth-order valence-corrected chi connectivity index (χ4v) is 4.86. The molecule has 1 aromatic rings. The van der Waals surface area contributed by atoms with Gasteiger partial charge in [-0.1, -0.05) is 6.42 Å². The van der Waals surface area contributed by atoms with E-state index in [0.29, 0.717) is 18.5 Å². The van der Waals surface area contributed by atoms with E-state index in [4.69, 9.17) is 0 Å². The zero-order valence-electron chi connectivity index (χ0n) is 14.3. The SMILES string of the molecule is CN(C)S(=O)(=O)c1ccc(C(=O)N2C[C@@H]3CCC[C@@]3(C(=O)O)C2)cc1. The first kappa shape index (κ1) is 17.9. The predicted octanol–water partition coefficient (Wildman–Crippen LogP) is 1.26. The number of rotatable bonds is 4. The van der Waals surface area contributed by atoms with E-state index in [1.807, 2.05) is 0 Å². The number of carboxylic acid groups (broad SMARTS) is 1. The summed E-state index contributed by atoms with van der Waals surface area (Å²) in [6.07, 6.45) is 2.32. The number of hydrogen-bond acceptors (Lipinski definition) is 4. The first-order valence-electron chi connectivity index (χ1n) is 8.24. The lowest BCUT2D eigenvalue weighted by Gasteiger charge is -2.23. The van der Waals surface area contributed by atoms with E-state index in [-0.39, 0.29) is 23.3 Å². The Hall–Kier alpha value is -1.93. The molecule has 25 heavy (non-hydrogen) atoms. The van der Waals surface area contributed by atoms with Crippen molar-refractivity contribution in [2.45, 2.75) is 24.2 Å². The van der Waals surface area contributed by atoms with Crippen LogP contribution in [0.15, 0.2) is 29.2 Å². The molecule has 1 aromatic carbocycles. The number of carbonyl (C=O) groups is 2. The molecule has 1 heterocycles. The number of amides is 1. The van der Waals surface area contributed by atoms with Gasteiger partial charge in [-0.25, -0.2) is 12.7 Å². The van der Waals surface area contributed by atoms with Gasteiger partial charge >= 0.3 is 5.97 Å². The highest BCUT2D eigenvalue weighted by atomic mass is 32.2. The Morgan fingerprint density at radius 1 is 1.24 bits per heavy atom. The fourth-order valence-electron chi connectivity index (χ4n) is 3.96. The molecule has 1 aliphatic heterocycles. The predicted molar refractivity (Wildman–Crippen MR) is 90.6 cm³/mol. The molecule has 2 atom stereocenters. The van der Waals surface area contributed by atoms with Crippen LogP contribution < -0.4 is 0 Å². The Kier molecular flexibility index (Phi) is 4.36. The quantitative estimate of drug-likeness (QED) is 0.866. The molecule has 1 aliphatic carbocycles. The summed E-state index contributed by atoms with van der Waals surface area (Å²) >= 11 is 0. The van der Waals surface area contributed by atoms with E-state index >= 15 is 0 Å². The van der Waals surface area contributed by atoms with Crippen LogP contribution in [0, 0.1) is 11.3 Å². The Morgan fingerprint density at radius 2 is 1.88 bits per heavy atom. The molecule has 136 valence electrons. The van der Waals surface area contributed by atoms with Gasteiger partial charge in [0.1, 0.15) is 0 Å². The summed E-state index contributed by atoms with van der Waals surface area (Å²) in [5.41, 5.74) is -0.442. The van der Waals surface area contributed by atoms with Crippen molar-refractivity contribution < 1.29 is 23.1 Å². The Morgan fingerprint density at radius 3 is 2.40 bits per heavy atom. The molecule has 1 saturated heterocycles. The van der Waals surface area contributed by atoms with Crippen LogP contribution in [-0.2, 0) is 14.8 Å². The third-order valence-electron chi connectivity index (χ3n) is 5.46. The minimum Gasteiger partial charge on any atom is -0.481 e. The molecular formula is C17H22N2O5S. The van der Waals surface area contributed by atoms with Crippen LogP contribution in [0.5, 0.6) is 0 Å². The first-order valence-corrected chi connectivity index (χ1v) is 9.68. The van der Waals surface area contributed by atoms with E-state index in [0.717, 1.165) is 17.1 Å². The minimum absolute atomic E-state index is 0.00217. The van der Waals surface area contributed by atoms with Crippen molar-refractivity contribution in [2.24, 2.45) is 11.3 Å². The number of nitrogens with zero attached hydrogens (tertiary/aromatic N) is 2. The molecule has 1 saturated carbocycles. The van der Waals surface area contributed by atoms with Crippen LogP contribution in [0.4, 0.5) is 0 Å². The van der Waals surface area contributed by atoms with Crippen LogP contribution in [-0.4, -0.2) is 61.8 Å². The van der Waals surface area contributed by atoms with Gasteiger partial charge in [0.2, 0.25) is 10.0 Å². The van der Waals surface area contributed by atoms with Crippen molar-refractivity contribution in [1.29, 1.82) is 0 Å². The van der Waals surface area contributed by atoms with Gasteiger partial charge in [0, 0.05) is 32.7 Å². The van der Waals surface area contributed by atoms with Gasteiger partial charge in [-0.15, -0.1) is 0 Å². The standard InChI is InChI=1S/C17H22N2O5S/c1-18(2)25(23,24)14-7-5-12(6-8-14)15(20)19-10-13-4-3-9-17(13,11-19)16(21)22/h5-8,13H,3-4,9-11H2,1-2H3,(H,21,22)/t13-,17+/m0/s1. The number of sulfonamides is 1. The van der Waals surface area contributed by atoms with E-state index in [1.165, 1.54) is 38.4 Å². The van der Waals surface area contributed by atoms with Crippen molar-refractivity contribution in [1.82, 2.24) is 9.21 Å². The number of aliphatic carboxylic acids is 1. The summed E-state index contributed by atoms with van der Waals surface area (Å²) in [6, 6.07) is 5.79. The number of fused-ring (bicyclic) bond motifs is 1. The van der Waals surface area contributed by atoms with Crippen molar-refractivity contribution in [3.63, 3.8) is 0 Å². The maximum atomic E-state index is 12.7. The van der Waals surface area contributed by atoms with E-state index < -0.39 is 21.4 Å². The van der Waals surface area contributed by atoms with Gasteiger partial charge in [0.15, 0.2) is 0 Å². The number of hydrogen-bond donors (Lipinski definition) is 1. The Labute approximate surface area is 147 Å². The van der Waals surface area contributed by atoms with Gasteiger partial charge in [-0.3, -0.25) is 9.59 Å². The number of likely N-dealkylation sites (tertiary alicyclic amines) is 1. The highest BCUT2D eigenvalue weighted by Gasteiger charge is 2.55. The molecule has 2 aliphatic rings. The molecule has 8 heteroatoms. The fraction of sp³-hybridized carbons (Fsp3) is 0.529. The third kappa shape index (κ3) is 2.83. The highest BCUT2D eigenvalue weighted by molar-refractivity contribution is 7.89. The molecular weight excluding hydrogens is 344 g/mol. The maximum Gasteiger partial charge on any atom is 0.311 e. The Balaban J connectivity index is 1.80. The van der Waals surface area contributed by atoms with Crippen molar-refractivity contribution in [2.75, 3.05) is 27.2 Å². The van der Waals surface area contributed by atoms with Crippen LogP contribution in [0.25, 0.3) is 0 Å². The first-order chi connectivity index (χ1) is 11.7. The zero-order valence-corrected chi connectivity index (χ0v) is 15.1. The lowest BCUT2D eigenvalue weighted by atomic mass is 9.81. The molecule has 2 fully saturated rings. The number of benzene rings is 1. The van der Waals surface area contributed by atoms with Gasteiger partial charge in [0.05, 0.1) is 10.3 Å². The van der Waals surface area contributed by atoms with E-state index in [1.54, 1.807) is 4.90 Å². The highest BCUT2D eigenvalue weighted by Crippen LogP contribution is 2.49. The molecule has 1 N–H and O–H groups in total. The molecule has 0 spiro atoms. The lowest BCUT2D eigenvalue weighted by Crippen LogP contribution is -2.37. The summed E-state index contributed by atoms with van der Waals surface area (Å²) in [5, 5.41) is 9.61. The van der Waals surface area contributed by atoms with Crippen molar-refractivity contribution in [3.05, 3.63) is 29.8 Å². The second kappa shape index (κ2) is 6.10. The van der Waals surface area contributed by atoms with Gasteiger partial charge in [0.25, 0.3) is 5.91 Å². The third-order valence-corrected chi connectivity index (χ3v) is 7.29. The molecule has 0 unspecified atom stereocenters. The van der Waals surface area contributed by atoms with Crippen LogP contribution in [0.1, 0.15) is 29.6 Å². The van der Waals surface area contributed by atoms with Crippen LogP contribution >= 0.6 is 0 Å². The van der Waals surface area contributed by atoms with Crippen LogP contribution in [0.3, 0.4) is 0 Å². The van der Waals surface area contributed by atoms with Crippen molar-refractivity contribution in [3.8, 4) is 0 Å². The molecule has 7 nitrogen and oxygen atoms in total. The average Bonchev–Trinajstić information content (AvgIpc) is 3.12. The normalized spacial score (nSPS) is 26.0. The summed E-state index contributed by atoms with van der Waals surface area (Å²) < 4.78 is 25.3. The van der Waals surface area contributed by atoms with Crippen LogP contribution in [0.2, 0.25) is 0 Å². The number of carboxylic acids is 1. The van der Waals surface area contributed by atoms with Gasteiger partial charge in [-0.05, 0) is 43.0 Å². The molecule has 0 radical (unpaired) electrons. The second-order valence-electron chi connectivity index (χ2n) is 7.05. The number of carbonyl (C=O) groups excluding carboxylic acids is 1. The lowest BCUT2D eigenvalue weighted by molar-refractivity contribution is -0.149. The average molecular weight is 366 g/mol. The maximum absolute atomic E-state index is 12.7. The summed E-state index contributed by atoms with van der Waals surface area (Å²) in [4.78, 5) is 26.1. The van der Waals surface area contributed by atoms with Gasteiger partial charge in [-0.2, -0.15) is 0 Å². The summed E-state index contributed by atoms with van der Waals surface area (Å²) in [5.74, 6) is -1.07. The minimum atomic E-state index is -3.54. The Bertz CT molecular complexity index is 803. The smallest absolute Gasteiger partial charge is 0.311 e. The molecule has 0 aromatic heterocycles. The topological polar surface area (TPSA) is 95.0 Å². The summed E-state index contributed by atoms with van der Waals surface area (Å²) in [7, 11) is -0.647. The molecule has 1 amide bonds. The van der Waals surface area contributed by atoms with Gasteiger partial charge < -0.3 is 10.0 Å². The summed E-state index contributed by atoms with van der Waals surface area (Å²) in [6.45, 7) is 0.673.